The van der Waals surface area contributed by atoms with E-state index in [-0.39, 0.29) is 6.04 Å². The number of piperidine rings is 1. The van der Waals surface area contributed by atoms with E-state index in [2.05, 4.69) is 10.2 Å². The number of nitrogens with one attached hydrogen (secondary N) is 1. The van der Waals surface area contributed by atoms with Crippen LogP contribution in [-0.2, 0) is 4.79 Å². The van der Waals surface area contributed by atoms with E-state index in [9.17, 15) is 4.79 Å². The smallest absolute Gasteiger partial charge is 0.320 e. The normalized spacial score (nSPS) is 30.1. The van der Waals surface area contributed by atoms with E-state index in [1.165, 1.54) is 25.8 Å². The van der Waals surface area contributed by atoms with E-state index in [0.717, 1.165) is 24.9 Å². The van der Waals surface area contributed by atoms with Gasteiger partial charge in [-0.15, -0.1) is 0 Å². The fourth-order valence-corrected chi connectivity index (χ4v) is 3.28. The van der Waals surface area contributed by atoms with E-state index in [0.29, 0.717) is 0 Å². The van der Waals surface area contributed by atoms with Crippen LogP contribution in [-0.4, -0.2) is 47.2 Å². The van der Waals surface area contributed by atoms with Crippen LogP contribution in [0.2, 0.25) is 0 Å². The highest BCUT2D eigenvalue weighted by atomic mass is 16.4. The molecule has 1 aliphatic carbocycles. The number of fused-ring (bicyclic) bond motifs is 2. The molecule has 2 fully saturated rings. The Morgan fingerprint density at radius 3 is 2.71 bits per heavy atom. The fourth-order valence-electron chi connectivity index (χ4n) is 3.28. The molecule has 1 heterocycles. The number of hydrogen-bond acceptors (Lipinski definition) is 3. The molecule has 0 radical (unpaired) electrons. The summed E-state index contributed by atoms with van der Waals surface area (Å²) in [4.78, 5) is 13.6. The third-order valence-corrected chi connectivity index (χ3v) is 4.06. The van der Waals surface area contributed by atoms with Crippen LogP contribution in [0.15, 0.2) is 0 Å². The highest BCUT2D eigenvalue weighted by Gasteiger charge is 2.37. The predicted molar refractivity (Wildman–Crippen MR) is 67.0 cm³/mol. The van der Waals surface area contributed by atoms with Crippen molar-refractivity contribution in [2.75, 3.05) is 13.1 Å². The summed E-state index contributed by atoms with van der Waals surface area (Å²) in [6, 6.07) is 0.578. The molecular formula is C13H24N2O2. The molecule has 3 unspecified atom stereocenters. The van der Waals surface area contributed by atoms with Gasteiger partial charge in [-0.3, -0.25) is 4.79 Å². The SMILES string of the molecule is CC(C)NC(CCN1CC2CCC1C2)C(=O)O. The molecule has 1 saturated carbocycles. The molecule has 0 aromatic rings. The van der Waals surface area contributed by atoms with Gasteiger partial charge in [0.15, 0.2) is 0 Å². The maximum atomic E-state index is 11.1. The molecule has 2 aliphatic rings. The Morgan fingerprint density at radius 2 is 2.24 bits per heavy atom. The van der Waals surface area contributed by atoms with Crippen molar-refractivity contribution in [3.05, 3.63) is 0 Å². The number of carboxylic acids is 1. The Bertz CT molecular complexity index is 281. The zero-order chi connectivity index (χ0) is 12.4. The van der Waals surface area contributed by atoms with Crippen molar-refractivity contribution in [2.24, 2.45) is 5.92 Å². The molecule has 98 valence electrons. The van der Waals surface area contributed by atoms with E-state index >= 15 is 0 Å². The summed E-state index contributed by atoms with van der Waals surface area (Å²) >= 11 is 0. The number of likely N-dealkylation sites (tertiary alicyclic amines) is 1. The largest absolute Gasteiger partial charge is 0.480 e. The van der Waals surface area contributed by atoms with Gasteiger partial charge in [0, 0.05) is 25.2 Å². The van der Waals surface area contributed by atoms with Crippen LogP contribution >= 0.6 is 0 Å². The van der Waals surface area contributed by atoms with Gasteiger partial charge in [-0.05, 0) is 31.6 Å². The number of hydrogen-bond donors (Lipinski definition) is 2. The second-order valence-electron chi connectivity index (χ2n) is 5.83. The number of aliphatic carboxylic acids is 1. The second kappa shape index (κ2) is 5.36. The van der Waals surface area contributed by atoms with E-state index in [4.69, 9.17) is 5.11 Å². The van der Waals surface area contributed by atoms with Gasteiger partial charge >= 0.3 is 5.97 Å². The summed E-state index contributed by atoms with van der Waals surface area (Å²) in [5.74, 6) is 0.171. The Labute approximate surface area is 103 Å². The van der Waals surface area contributed by atoms with Crippen molar-refractivity contribution in [1.29, 1.82) is 0 Å². The molecule has 2 bridgehead atoms. The topological polar surface area (TPSA) is 52.6 Å². The van der Waals surface area contributed by atoms with Crippen molar-refractivity contribution < 1.29 is 9.90 Å². The highest BCUT2D eigenvalue weighted by Crippen LogP contribution is 2.37. The quantitative estimate of drug-likeness (QED) is 0.735. The molecule has 0 spiro atoms. The van der Waals surface area contributed by atoms with E-state index in [1.54, 1.807) is 0 Å². The Hall–Kier alpha value is -0.610. The predicted octanol–water partition coefficient (Wildman–Crippen LogP) is 1.31. The van der Waals surface area contributed by atoms with Crippen LogP contribution in [0.4, 0.5) is 0 Å². The summed E-state index contributed by atoms with van der Waals surface area (Å²) in [6.07, 6.45) is 4.76. The van der Waals surface area contributed by atoms with Gasteiger partial charge in [0.25, 0.3) is 0 Å². The monoisotopic (exact) mass is 240 g/mol. The minimum absolute atomic E-state index is 0.228. The molecule has 1 aliphatic heterocycles. The van der Waals surface area contributed by atoms with Crippen molar-refractivity contribution >= 4 is 5.97 Å². The van der Waals surface area contributed by atoms with Crippen LogP contribution < -0.4 is 5.32 Å². The molecule has 4 nitrogen and oxygen atoms in total. The van der Waals surface area contributed by atoms with Gasteiger partial charge in [-0.25, -0.2) is 0 Å². The van der Waals surface area contributed by atoms with Gasteiger partial charge in [-0.1, -0.05) is 13.8 Å². The van der Waals surface area contributed by atoms with Crippen LogP contribution in [0.5, 0.6) is 0 Å². The zero-order valence-corrected chi connectivity index (χ0v) is 10.9. The summed E-state index contributed by atoms with van der Waals surface area (Å²) in [7, 11) is 0. The Kier molecular flexibility index (Phi) is 4.05. The number of carboxylic acid groups (broad SMARTS) is 1. The first-order chi connectivity index (χ1) is 8.06. The summed E-state index contributed by atoms with van der Waals surface area (Å²) in [6.45, 7) is 6.11. The van der Waals surface area contributed by atoms with Crippen LogP contribution in [0, 0.1) is 5.92 Å². The first kappa shape index (κ1) is 12.8. The first-order valence-electron chi connectivity index (χ1n) is 6.79. The highest BCUT2D eigenvalue weighted by molar-refractivity contribution is 5.73. The zero-order valence-electron chi connectivity index (χ0n) is 10.9. The van der Waals surface area contributed by atoms with Crippen molar-refractivity contribution in [2.45, 2.75) is 57.7 Å². The molecule has 2 rings (SSSR count). The molecule has 4 heteroatoms. The molecule has 1 saturated heterocycles. The lowest BCUT2D eigenvalue weighted by Gasteiger charge is -2.28. The standard InChI is InChI=1S/C13H24N2O2/c1-9(2)14-12(13(16)17)5-6-15-8-10-3-4-11(15)7-10/h9-12,14H,3-8H2,1-2H3,(H,16,17). The van der Waals surface area contributed by atoms with E-state index < -0.39 is 12.0 Å². The molecule has 0 aromatic heterocycles. The lowest BCUT2D eigenvalue weighted by atomic mass is 10.1. The van der Waals surface area contributed by atoms with E-state index in [1.807, 2.05) is 13.8 Å². The average molecular weight is 240 g/mol. The molecule has 2 N–H and O–H groups in total. The average Bonchev–Trinajstić information content (AvgIpc) is 2.84. The van der Waals surface area contributed by atoms with Gasteiger partial charge in [0.1, 0.15) is 6.04 Å². The maximum absolute atomic E-state index is 11.1. The number of carbonyl (C=O) groups is 1. The minimum Gasteiger partial charge on any atom is -0.480 e. The van der Waals surface area contributed by atoms with Gasteiger partial charge in [0.05, 0.1) is 0 Å². The molecular weight excluding hydrogens is 216 g/mol. The number of rotatable bonds is 6. The van der Waals surface area contributed by atoms with Crippen LogP contribution in [0.3, 0.4) is 0 Å². The Morgan fingerprint density at radius 1 is 1.47 bits per heavy atom. The van der Waals surface area contributed by atoms with Crippen molar-refractivity contribution in [3.63, 3.8) is 0 Å². The minimum atomic E-state index is -0.719. The third-order valence-electron chi connectivity index (χ3n) is 4.06. The summed E-state index contributed by atoms with van der Waals surface area (Å²) in [5.41, 5.74) is 0. The summed E-state index contributed by atoms with van der Waals surface area (Å²) in [5, 5.41) is 12.3. The van der Waals surface area contributed by atoms with Gasteiger partial charge in [-0.2, -0.15) is 0 Å². The second-order valence-corrected chi connectivity index (χ2v) is 5.83. The molecule has 0 aromatic carbocycles. The van der Waals surface area contributed by atoms with Gasteiger partial charge in [0.2, 0.25) is 0 Å². The van der Waals surface area contributed by atoms with Crippen molar-refractivity contribution in [3.8, 4) is 0 Å². The Balaban J connectivity index is 1.77. The number of nitrogens with zero attached hydrogens (tertiary/aromatic N) is 1. The van der Waals surface area contributed by atoms with Gasteiger partial charge < -0.3 is 15.3 Å². The maximum Gasteiger partial charge on any atom is 0.320 e. The third kappa shape index (κ3) is 3.19. The summed E-state index contributed by atoms with van der Waals surface area (Å²) < 4.78 is 0. The molecule has 17 heavy (non-hydrogen) atoms. The molecule has 3 atom stereocenters. The lowest BCUT2D eigenvalue weighted by molar-refractivity contribution is -0.140. The molecule has 0 amide bonds. The van der Waals surface area contributed by atoms with Crippen LogP contribution in [0.1, 0.15) is 39.5 Å². The van der Waals surface area contributed by atoms with Crippen LogP contribution in [0.25, 0.3) is 0 Å². The first-order valence-corrected chi connectivity index (χ1v) is 6.79. The fraction of sp³-hybridized carbons (Fsp3) is 0.923. The van der Waals surface area contributed by atoms with Crippen molar-refractivity contribution in [1.82, 2.24) is 10.2 Å². The lowest BCUT2D eigenvalue weighted by Crippen LogP contribution is -2.44.